The molecule has 1 fully saturated rings. The highest BCUT2D eigenvalue weighted by Gasteiger charge is 2.30. The molecule has 0 saturated carbocycles. The molecule has 2 heterocycles. The molecule has 3 nitrogen and oxygen atoms in total. The SMILES string of the molecule is Fc1ccc(OCCN2CCN([C@@H]3Cc4ccc(Cl)cc4Sc4ccc(Cl)cc43)CC2)cc1. The number of benzene rings is 3. The first-order valence-corrected chi connectivity index (χ1v) is 12.7. The van der Waals surface area contributed by atoms with Crippen molar-refractivity contribution in [3.63, 3.8) is 0 Å². The Morgan fingerprint density at radius 1 is 0.879 bits per heavy atom. The van der Waals surface area contributed by atoms with E-state index in [9.17, 15) is 4.39 Å². The normalized spacial score (nSPS) is 18.9. The van der Waals surface area contributed by atoms with Gasteiger partial charge >= 0.3 is 0 Å². The van der Waals surface area contributed by atoms with Crippen LogP contribution in [0, 0.1) is 5.82 Å². The summed E-state index contributed by atoms with van der Waals surface area (Å²) in [4.78, 5) is 7.49. The zero-order valence-electron chi connectivity index (χ0n) is 18.1. The molecule has 0 N–H and O–H groups in total. The fourth-order valence-corrected chi connectivity index (χ4v) is 6.12. The molecule has 5 rings (SSSR count). The minimum Gasteiger partial charge on any atom is -0.492 e. The van der Waals surface area contributed by atoms with Gasteiger partial charge in [0.2, 0.25) is 0 Å². The second kappa shape index (κ2) is 10.2. The number of rotatable bonds is 5. The number of piperazine rings is 1. The van der Waals surface area contributed by atoms with Gasteiger partial charge in [-0.15, -0.1) is 0 Å². The van der Waals surface area contributed by atoms with Crippen LogP contribution >= 0.6 is 35.0 Å². The summed E-state index contributed by atoms with van der Waals surface area (Å²) in [5.41, 5.74) is 2.63. The molecule has 0 amide bonds. The molecule has 0 aromatic heterocycles. The Morgan fingerprint density at radius 2 is 1.61 bits per heavy atom. The van der Waals surface area contributed by atoms with Gasteiger partial charge in [-0.3, -0.25) is 9.80 Å². The molecule has 33 heavy (non-hydrogen) atoms. The molecule has 0 radical (unpaired) electrons. The molecular weight excluding hydrogens is 478 g/mol. The van der Waals surface area contributed by atoms with Crippen LogP contribution in [0.5, 0.6) is 5.75 Å². The van der Waals surface area contributed by atoms with Gasteiger partial charge in [0, 0.05) is 58.6 Å². The van der Waals surface area contributed by atoms with Gasteiger partial charge in [0.25, 0.3) is 0 Å². The van der Waals surface area contributed by atoms with Crippen LogP contribution < -0.4 is 4.74 Å². The van der Waals surface area contributed by atoms with Gasteiger partial charge in [-0.25, -0.2) is 4.39 Å². The molecule has 172 valence electrons. The van der Waals surface area contributed by atoms with Crippen LogP contribution in [0.2, 0.25) is 10.0 Å². The lowest BCUT2D eigenvalue weighted by Gasteiger charge is -2.39. The van der Waals surface area contributed by atoms with Crippen molar-refractivity contribution in [3.05, 3.63) is 87.7 Å². The van der Waals surface area contributed by atoms with Gasteiger partial charge in [-0.1, -0.05) is 41.0 Å². The average molecular weight is 503 g/mol. The molecule has 7 heteroatoms. The van der Waals surface area contributed by atoms with Crippen LogP contribution in [0.25, 0.3) is 0 Å². The summed E-state index contributed by atoms with van der Waals surface area (Å²) in [5, 5.41) is 1.55. The highest BCUT2D eigenvalue weighted by Crippen LogP contribution is 2.44. The Kier molecular flexibility index (Phi) is 7.14. The van der Waals surface area contributed by atoms with Gasteiger partial charge in [-0.2, -0.15) is 0 Å². The number of ether oxygens (including phenoxy) is 1. The predicted molar refractivity (Wildman–Crippen MR) is 133 cm³/mol. The van der Waals surface area contributed by atoms with Crippen molar-refractivity contribution >= 4 is 35.0 Å². The lowest BCUT2D eigenvalue weighted by atomic mass is 9.96. The number of halogens is 3. The van der Waals surface area contributed by atoms with Crippen LogP contribution in [0.3, 0.4) is 0 Å². The van der Waals surface area contributed by atoms with Crippen LogP contribution in [0.1, 0.15) is 17.2 Å². The van der Waals surface area contributed by atoms with E-state index in [2.05, 4.69) is 34.1 Å². The number of hydrogen-bond donors (Lipinski definition) is 0. The lowest BCUT2D eigenvalue weighted by Crippen LogP contribution is -2.49. The summed E-state index contributed by atoms with van der Waals surface area (Å²) >= 11 is 14.5. The van der Waals surface area contributed by atoms with E-state index in [1.807, 2.05) is 12.1 Å². The van der Waals surface area contributed by atoms with Crippen LogP contribution in [0.15, 0.2) is 70.5 Å². The molecule has 0 aliphatic carbocycles. The number of nitrogens with zero attached hydrogens (tertiary/aromatic N) is 2. The minimum absolute atomic E-state index is 0.246. The van der Waals surface area contributed by atoms with Crippen molar-refractivity contribution in [2.24, 2.45) is 0 Å². The van der Waals surface area contributed by atoms with E-state index in [-0.39, 0.29) is 11.9 Å². The number of fused-ring (bicyclic) bond motifs is 2. The van der Waals surface area contributed by atoms with E-state index >= 15 is 0 Å². The molecule has 3 aromatic carbocycles. The maximum absolute atomic E-state index is 13.0. The van der Waals surface area contributed by atoms with Gasteiger partial charge < -0.3 is 4.74 Å². The average Bonchev–Trinajstić information content (AvgIpc) is 2.97. The highest BCUT2D eigenvalue weighted by molar-refractivity contribution is 7.99. The zero-order chi connectivity index (χ0) is 22.8. The maximum atomic E-state index is 13.0. The third-order valence-corrected chi connectivity index (χ3v) is 7.99. The van der Waals surface area contributed by atoms with E-state index < -0.39 is 0 Å². The molecule has 1 atom stereocenters. The van der Waals surface area contributed by atoms with E-state index in [0.29, 0.717) is 12.4 Å². The minimum atomic E-state index is -0.246. The third kappa shape index (κ3) is 5.50. The molecule has 1 saturated heterocycles. The Labute approximate surface area is 208 Å². The van der Waals surface area contributed by atoms with Crippen molar-refractivity contribution in [1.29, 1.82) is 0 Å². The molecule has 3 aromatic rings. The molecule has 2 aliphatic rings. The predicted octanol–water partition coefficient (Wildman–Crippen LogP) is 6.58. The molecule has 0 spiro atoms. The Bertz CT molecular complexity index is 1120. The molecule has 2 aliphatic heterocycles. The van der Waals surface area contributed by atoms with Gasteiger partial charge in [0.05, 0.1) is 0 Å². The molecular formula is C26H25Cl2FN2OS. The Balaban J connectivity index is 1.25. The van der Waals surface area contributed by atoms with Gasteiger partial charge in [0.15, 0.2) is 0 Å². The second-order valence-corrected chi connectivity index (χ2v) is 10.4. The molecule has 0 bridgehead atoms. The van der Waals surface area contributed by atoms with Crippen molar-refractivity contribution in [3.8, 4) is 5.75 Å². The summed E-state index contributed by atoms with van der Waals surface area (Å²) in [6, 6.07) is 18.9. The monoisotopic (exact) mass is 502 g/mol. The number of hydrogen-bond acceptors (Lipinski definition) is 4. The summed E-state index contributed by atoms with van der Waals surface area (Å²) in [7, 11) is 0. The quantitative estimate of drug-likeness (QED) is 0.391. The first-order valence-electron chi connectivity index (χ1n) is 11.2. The lowest BCUT2D eigenvalue weighted by molar-refractivity contribution is 0.0850. The standard InChI is InChI=1S/C26H25Cl2FN2OS/c27-19-3-8-25-23(16-19)24(15-18-1-2-20(28)17-26(18)33-25)31-11-9-30(10-12-31)13-14-32-22-6-4-21(29)5-7-22/h1-8,16-17,24H,9-15H2/t24-/m1/s1. The second-order valence-electron chi connectivity index (χ2n) is 8.44. The van der Waals surface area contributed by atoms with Crippen LogP contribution in [-0.4, -0.2) is 49.1 Å². The van der Waals surface area contributed by atoms with E-state index in [0.717, 1.165) is 49.2 Å². The first-order chi connectivity index (χ1) is 16.0. The fraction of sp³-hybridized carbons (Fsp3) is 0.308. The van der Waals surface area contributed by atoms with Crippen LogP contribution in [0.4, 0.5) is 4.39 Å². The highest BCUT2D eigenvalue weighted by atomic mass is 35.5. The topological polar surface area (TPSA) is 15.7 Å². The van der Waals surface area contributed by atoms with Crippen LogP contribution in [-0.2, 0) is 6.42 Å². The van der Waals surface area contributed by atoms with Crippen molar-refractivity contribution < 1.29 is 9.13 Å². The summed E-state index contributed by atoms with van der Waals surface area (Å²) in [5.74, 6) is 0.460. The van der Waals surface area contributed by atoms with Crippen molar-refractivity contribution in [1.82, 2.24) is 9.80 Å². The van der Waals surface area contributed by atoms with E-state index in [1.54, 1.807) is 23.9 Å². The maximum Gasteiger partial charge on any atom is 0.123 e. The zero-order valence-corrected chi connectivity index (χ0v) is 20.5. The van der Waals surface area contributed by atoms with Gasteiger partial charge in [-0.05, 0) is 72.1 Å². The Hall–Kier alpha value is -1.76. The Morgan fingerprint density at radius 3 is 2.39 bits per heavy atom. The van der Waals surface area contributed by atoms with Crippen molar-refractivity contribution in [2.45, 2.75) is 22.3 Å². The molecule has 0 unspecified atom stereocenters. The largest absolute Gasteiger partial charge is 0.492 e. The van der Waals surface area contributed by atoms with E-state index in [1.165, 1.54) is 33.1 Å². The smallest absolute Gasteiger partial charge is 0.123 e. The van der Waals surface area contributed by atoms with Crippen molar-refractivity contribution in [2.75, 3.05) is 39.3 Å². The summed E-state index contributed by atoms with van der Waals surface area (Å²) < 4.78 is 18.8. The fourth-order valence-electron chi connectivity index (χ4n) is 4.55. The summed E-state index contributed by atoms with van der Waals surface area (Å²) in [6.07, 6.45) is 0.945. The first kappa shape index (κ1) is 23.0. The van der Waals surface area contributed by atoms with E-state index in [4.69, 9.17) is 27.9 Å². The summed E-state index contributed by atoms with van der Waals surface area (Å²) in [6.45, 7) is 5.40. The van der Waals surface area contributed by atoms with Gasteiger partial charge in [0.1, 0.15) is 18.2 Å². The third-order valence-electron chi connectivity index (χ3n) is 6.33.